The highest BCUT2D eigenvalue weighted by atomic mass is 32.2. The molecule has 2 aromatic carbocycles. The van der Waals surface area contributed by atoms with E-state index in [-0.39, 0.29) is 16.7 Å². The molecule has 0 bridgehead atoms. The highest BCUT2D eigenvalue weighted by Gasteiger charge is 2.36. The van der Waals surface area contributed by atoms with Crippen molar-refractivity contribution in [1.82, 2.24) is 0 Å². The van der Waals surface area contributed by atoms with Gasteiger partial charge >= 0.3 is 0 Å². The number of furan rings is 1. The lowest BCUT2D eigenvalue weighted by Crippen LogP contribution is -2.41. The lowest BCUT2D eigenvalue weighted by molar-refractivity contribution is -0.122. The summed E-state index contributed by atoms with van der Waals surface area (Å²) in [5.74, 6) is 0.412. The zero-order chi connectivity index (χ0) is 22.3. The lowest BCUT2D eigenvalue weighted by Gasteiger charge is -2.29. The average molecular weight is 452 g/mol. The van der Waals surface area contributed by atoms with Crippen LogP contribution in [-0.4, -0.2) is 14.3 Å². The van der Waals surface area contributed by atoms with Crippen molar-refractivity contribution in [2.45, 2.75) is 69.6 Å². The fourth-order valence-corrected chi connectivity index (χ4v) is 6.56. The van der Waals surface area contributed by atoms with Crippen LogP contribution in [0, 0.1) is 12.8 Å². The third kappa shape index (κ3) is 3.75. The second-order valence-corrected chi connectivity index (χ2v) is 10.9. The van der Waals surface area contributed by atoms with Crippen molar-refractivity contribution in [2.75, 3.05) is 4.31 Å². The molecule has 32 heavy (non-hydrogen) atoms. The van der Waals surface area contributed by atoms with Gasteiger partial charge in [-0.2, -0.15) is 0 Å². The number of hydrogen-bond donors (Lipinski definition) is 0. The van der Waals surface area contributed by atoms with Gasteiger partial charge in [0.1, 0.15) is 11.3 Å². The molecule has 2 aliphatic rings. The zero-order valence-corrected chi connectivity index (χ0v) is 19.3. The predicted molar refractivity (Wildman–Crippen MR) is 125 cm³/mol. The normalized spacial score (nSPS) is 17.3. The van der Waals surface area contributed by atoms with Gasteiger partial charge in [-0.25, -0.2) is 12.7 Å². The molecule has 0 unspecified atom stereocenters. The number of aryl methyl sites for hydroxylation is 3. The Hall–Kier alpha value is -2.60. The Balaban J connectivity index is 1.63. The largest absolute Gasteiger partial charge is 0.461 e. The summed E-state index contributed by atoms with van der Waals surface area (Å²) in [6, 6.07) is 12.1. The molecule has 6 heteroatoms. The summed E-state index contributed by atoms with van der Waals surface area (Å²) in [7, 11) is -4.04. The van der Waals surface area contributed by atoms with Crippen LogP contribution in [0.4, 0.5) is 5.69 Å². The summed E-state index contributed by atoms with van der Waals surface area (Å²) in [5, 5.41) is 0.928. The van der Waals surface area contributed by atoms with E-state index in [0.717, 1.165) is 89.9 Å². The van der Waals surface area contributed by atoms with Gasteiger partial charge in [0, 0.05) is 23.3 Å². The number of carbonyl (C=O) groups is 1. The van der Waals surface area contributed by atoms with Crippen molar-refractivity contribution in [3.8, 4) is 0 Å². The molecule has 1 amide bonds. The molecule has 1 saturated carbocycles. The summed E-state index contributed by atoms with van der Waals surface area (Å²) in [6.07, 6.45) is 8.53. The third-order valence-electron chi connectivity index (χ3n) is 6.89. The summed E-state index contributed by atoms with van der Waals surface area (Å²) < 4.78 is 34.6. The summed E-state index contributed by atoms with van der Waals surface area (Å²) >= 11 is 0. The Morgan fingerprint density at radius 2 is 1.66 bits per heavy atom. The van der Waals surface area contributed by atoms with Crippen molar-refractivity contribution in [3.05, 3.63) is 59.4 Å². The van der Waals surface area contributed by atoms with Crippen LogP contribution in [0.15, 0.2) is 51.8 Å². The second kappa shape index (κ2) is 8.39. The van der Waals surface area contributed by atoms with Gasteiger partial charge in [0.05, 0.1) is 10.6 Å². The first-order chi connectivity index (χ1) is 15.4. The van der Waals surface area contributed by atoms with Crippen molar-refractivity contribution in [3.63, 3.8) is 0 Å². The average Bonchev–Trinajstić information content (AvgIpc) is 3.18. The maximum absolute atomic E-state index is 13.8. The third-order valence-corrected chi connectivity index (χ3v) is 8.63. The SMILES string of the molecule is Cc1ccc(S(=O)(=O)N(C(=O)C2CCCCC2)c2ccc3oc4c(c3c2)CCCC4)cc1. The first kappa shape index (κ1) is 21.3. The predicted octanol–water partition coefficient (Wildman–Crippen LogP) is 5.92. The number of nitrogens with zero attached hydrogens (tertiary/aromatic N) is 1. The van der Waals surface area contributed by atoms with Crippen LogP contribution in [0.3, 0.4) is 0 Å². The molecule has 1 aromatic heterocycles. The van der Waals surface area contributed by atoms with Crippen LogP contribution in [0.1, 0.15) is 61.8 Å². The van der Waals surface area contributed by atoms with Crippen molar-refractivity contribution < 1.29 is 17.6 Å². The van der Waals surface area contributed by atoms with Crippen molar-refractivity contribution >= 4 is 32.6 Å². The molecule has 1 heterocycles. The number of benzene rings is 2. The fraction of sp³-hybridized carbons (Fsp3) is 0.423. The molecule has 0 radical (unpaired) electrons. The van der Waals surface area contributed by atoms with E-state index in [1.165, 1.54) is 0 Å². The molecular weight excluding hydrogens is 422 g/mol. The van der Waals surface area contributed by atoms with Crippen LogP contribution in [0.5, 0.6) is 0 Å². The lowest BCUT2D eigenvalue weighted by atomic mass is 9.88. The number of anilines is 1. The van der Waals surface area contributed by atoms with E-state index in [1.807, 2.05) is 19.1 Å². The minimum Gasteiger partial charge on any atom is -0.461 e. The van der Waals surface area contributed by atoms with E-state index < -0.39 is 10.0 Å². The highest BCUT2D eigenvalue weighted by molar-refractivity contribution is 7.93. The smallest absolute Gasteiger partial charge is 0.270 e. The van der Waals surface area contributed by atoms with Gasteiger partial charge in [-0.15, -0.1) is 0 Å². The highest BCUT2D eigenvalue weighted by Crippen LogP contribution is 2.37. The summed E-state index contributed by atoms with van der Waals surface area (Å²) in [4.78, 5) is 13.8. The van der Waals surface area contributed by atoms with Gasteiger partial charge < -0.3 is 4.42 Å². The minimum atomic E-state index is -4.04. The van der Waals surface area contributed by atoms with Gasteiger partial charge in [0.25, 0.3) is 10.0 Å². The van der Waals surface area contributed by atoms with E-state index in [1.54, 1.807) is 30.3 Å². The van der Waals surface area contributed by atoms with E-state index in [4.69, 9.17) is 4.42 Å². The van der Waals surface area contributed by atoms with E-state index in [2.05, 4.69) is 0 Å². The fourth-order valence-electron chi connectivity index (χ4n) is 5.09. The van der Waals surface area contributed by atoms with Crippen LogP contribution < -0.4 is 4.31 Å². The van der Waals surface area contributed by atoms with Gasteiger partial charge in [-0.1, -0.05) is 37.0 Å². The number of carbonyl (C=O) groups excluding carboxylic acids is 1. The molecular formula is C26H29NO4S. The first-order valence-electron chi connectivity index (χ1n) is 11.7. The van der Waals surface area contributed by atoms with E-state index in [9.17, 15) is 13.2 Å². The number of sulfonamides is 1. The van der Waals surface area contributed by atoms with Gasteiger partial charge in [-0.05, 0) is 69.4 Å². The Morgan fingerprint density at radius 3 is 2.41 bits per heavy atom. The molecule has 0 aliphatic heterocycles. The Labute approximate surface area is 189 Å². The topological polar surface area (TPSA) is 67.6 Å². The van der Waals surface area contributed by atoms with Crippen LogP contribution >= 0.6 is 0 Å². The molecule has 0 atom stereocenters. The van der Waals surface area contributed by atoms with Gasteiger partial charge in [0.2, 0.25) is 5.91 Å². The second-order valence-electron chi connectivity index (χ2n) is 9.15. The maximum atomic E-state index is 13.8. The molecule has 3 aromatic rings. The minimum absolute atomic E-state index is 0.140. The van der Waals surface area contributed by atoms with Crippen LogP contribution in [0.25, 0.3) is 11.0 Å². The molecule has 5 nitrogen and oxygen atoms in total. The first-order valence-corrected chi connectivity index (χ1v) is 13.1. The Bertz CT molecular complexity index is 1250. The standard InChI is InChI=1S/C26H29NO4S/c1-18-11-14-21(15-12-18)32(29,30)27(26(28)19-7-3-2-4-8-19)20-13-16-25-23(17-20)22-9-5-6-10-24(22)31-25/h11-17,19H,2-10H2,1H3. The van der Waals surface area contributed by atoms with Crippen LogP contribution in [-0.2, 0) is 27.7 Å². The number of amides is 1. The number of fused-ring (bicyclic) bond motifs is 3. The molecule has 1 fully saturated rings. The molecule has 5 rings (SSSR count). The number of rotatable bonds is 4. The van der Waals surface area contributed by atoms with E-state index in [0.29, 0.717) is 5.69 Å². The number of hydrogen-bond acceptors (Lipinski definition) is 4. The van der Waals surface area contributed by atoms with Gasteiger partial charge in [-0.3, -0.25) is 4.79 Å². The maximum Gasteiger partial charge on any atom is 0.270 e. The molecule has 0 spiro atoms. The molecule has 2 aliphatic carbocycles. The summed E-state index contributed by atoms with van der Waals surface area (Å²) in [5.41, 5.74) is 3.30. The Morgan fingerprint density at radius 1 is 0.938 bits per heavy atom. The monoisotopic (exact) mass is 451 g/mol. The zero-order valence-electron chi connectivity index (χ0n) is 18.5. The Kier molecular flexibility index (Phi) is 5.58. The quantitative estimate of drug-likeness (QED) is 0.494. The van der Waals surface area contributed by atoms with Crippen LogP contribution in [0.2, 0.25) is 0 Å². The van der Waals surface area contributed by atoms with Gasteiger partial charge in [0.15, 0.2) is 0 Å². The van der Waals surface area contributed by atoms with E-state index >= 15 is 0 Å². The molecule has 0 saturated heterocycles. The summed E-state index contributed by atoms with van der Waals surface area (Å²) in [6.45, 7) is 1.91. The molecule has 0 N–H and O–H groups in total. The molecule has 168 valence electrons. The van der Waals surface area contributed by atoms with Crippen molar-refractivity contribution in [2.24, 2.45) is 5.92 Å². The van der Waals surface area contributed by atoms with Crippen molar-refractivity contribution in [1.29, 1.82) is 0 Å².